The molecule has 0 radical (unpaired) electrons. The Balaban J connectivity index is 0.00000408. The van der Waals surface area contributed by atoms with Crippen molar-refractivity contribution >= 4 is 23.8 Å². The summed E-state index contributed by atoms with van der Waals surface area (Å²) in [5, 5.41) is 21.9. The number of hydrogen-bond acceptors (Lipinski definition) is 5. The standard InChI is InChI=1S/C23H31N3O7.2ClH.H2O/c1-14(20(27)26-11-5-8-19(26)22(30)31)25-17(10-9-15-6-3-2-4-7-15)23(32)33-16-12-18(21(28)29)24-13-16;;;/h2-4,6-7,14,16-19,24-25H,5,8-13H2,1H3,(H,28,29)(H,30,31);2*1H;1H2/t14-,16+,17-,18-,19-;;;/m0.../s1. The number of aliphatic carboxylic acids is 2. The summed E-state index contributed by atoms with van der Waals surface area (Å²) in [6.07, 6.45) is 1.85. The molecule has 3 rings (SSSR count). The van der Waals surface area contributed by atoms with Crippen molar-refractivity contribution in [3.05, 3.63) is 35.9 Å². The van der Waals surface area contributed by atoms with Crippen LogP contribution < -0.4 is 35.4 Å². The van der Waals surface area contributed by atoms with Gasteiger partial charge in [-0.2, -0.15) is 0 Å². The Bertz CT molecular complexity index is 876. The second-order valence-electron chi connectivity index (χ2n) is 8.85. The smallest absolute Gasteiger partial charge is 0.365 e. The van der Waals surface area contributed by atoms with E-state index in [1.54, 1.807) is 17.6 Å². The van der Waals surface area contributed by atoms with Crippen molar-refractivity contribution in [3.63, 3.8) is 0 Å². The van der Waals surface area contributed by atoms with E-state index < -0.39 is 48.2 Å². The number of carboxylic acid groups (broad SMARTS) is 2. The molecule has 5 atom stereocenters. The van der Waals surface area contributed by atoms with Gasteiger partial charge in [0.25, 0.3) is 5.91 Å². The van der Waals surface area contributed by atoms with Crippen LogP contribution in [0.4, 0.5) is 0 Å². The molecule has 2 aliphatic rings. The van der Waals surface area contributed by atoms with E-state index in [0.29, 0.717) is 38.8 Å². The average Bonchev–Trinajstić information content (AvgIpc) is 3.46. The van der Waals surface area contributed by atoms with Gasteiger partial charge in [-0.05, 0) is 31.7 Å². The van der Waals surface area contributed by atoms with Crippen molar-refractivity contribution < 1.29 is 75.1 Å². The van der Waals surface area contributed by atoms with Crippen molar-refractivity contribution in [2.75, 3.05) is 13.1 Å². The maximum absolute atomic E-state index is 13.0. The van der Waals surface area contributed by atoms with Gasteiger partial charge in [-0.1, -0.05) is 30.3 Å². The first-order valence-electron chi connectivity index (χ1n) is 11.4. The number of quaternary nitrogens is 2. The summed E-state index contributed by atoms with van der Waals surface area (Å²) >= 11 is 0. The predicted octanol–water partition coefficient (Wildman–Crippen LogP) is -8.47. The molecule has 2 fully saturated rings. The van der Waals surface area contributed by atoms with Gasteiger partial charge in [0.15, 0.2) is 24.2 Å². The van der Waals surface area contributed by atoms with Crippen LogP contribution in [-0.2, 0) is 30.3 Å². The molecule has 2 saturated heterocycles. The molecule has 36 heavy (non-hydrogen) atoms. The highest BCUT2D eigenvalue weighted by Gasteiger charge is 2.40. The zero-order chi connectivity index (χ0) is 24.0. The largest absolute Gasteiger partial charge is 1.00 e. The first-order chi connectivity index (χ1) is 15.8. The third-order valence-corrected chi connectivity index (χ3v) is 6.42. The van der Waals surface area contributed by atoms with Gasteiger partial charge in [-0.3, -0.25) is 4.79 Å². The molecule has 8 N–H and O–H groups in total. The third kappa shape index (κ3) is 8.90. The lowest BCUT2D eigenvalue weighted by Gasteiger charge is -2.26. The number of aryl methyl sites for hydroxylation is 1. The molecular weight excluding hydrogens is 517 g/mol. The van der Waals surface area contributed by atoms with E-state index in [-0.39, 0.29) is 42.6 Å². The van der Waals surface area contributed by atoms with Crippen LogP contribution in [0.25, 0.3) is 0 Å². The topological polar surface area (TPSA) is 186 Å². The van der Waals surface area contributed by atoms with Crippen LogP contribution >= 0.6 is 0 Å². The molecule has 1 aromatic carbocycles. The van der Waals surface area contributed by atoms with Crippen molar-refractivity contribution in [1.82, 2.24) is 4.90 Å². The van der Waals surface area contributed by atoms with Gasteiger partial charge in [-0.25, -0.2) is 14.4 Å². The lowest BCUT2D eigenvalue weighted by molar-refractivity contribution is -0.697. The highest BCUT2D eigenvalue weighted by Crippen LogP contribution is 2.18. The van der Waals surface area contributed by atoms with Gasteiger partial charge in [0.1, 0.15) is 12.6 Å². The molecule has 13 heteroatoms. The number of nitrogens with zero attached hydrogens (tertiary/aromatic N) is 1. The molecule has 2 heterocycles. The van der Waals surface area contributed by atoms with Gasteiger partial charge in [0.2, 0.25) is 0 Å². The molecule has 1 amide bonds. The molecule has 0 unspecified atom stereocenters. The Morgan fingerprint density at radius 3 is 2.39 bits per heavy atom. The molecule has 1 aromatic rings. The molecule has 11 nitrogen and oxygen atoms in total. The van der Waals surface area contributed by atoms with Gasteiger partial charge < -0.3 is 60.8 Å². The summed E-state index contributed by atoms with van der Waals surface area (Å²) in [5.41, 5.74) is 1.05. The second-order valence-corrected chi connectivity index (χ2v) is 8.85. The number of halogens is 2. The number of rotatable bonds is 10. The molecule has 0 saturated carbocycles. The normalized spacial score (nSPS) is 22.2. The van der Waals surface area contributed by atoms with Crippen molar-refractivity contribution in [1.29, 1.82) is 0 Å². The Labute approximate surface area is 222 Å². The van der Waals surface area contributed by atoms with Gasteiger partial charge in [0.05, 0.1) is 6.42 Å². The summed E-state index contributed by atoms with van der Waals surface area (Å²) in [6.45, 7) is 2.45. The highest BCUT2D eigenvalue weighted by molar-refractivity contribution is 5.86. The zero-order valence-electron chi connectivity index (χ0n) is 20.0. The molecular formula is C23H35Cl2N3O8. The van der Waals surface area contributed by atoms with Crippen LogP contribution in [0.3, 0.4) is 0 Å². The molecule has 0 aliphatic carbocycles. The lowest BCUT2D eigenvalue weighted by atomic mass is 10.0. The van der Waals surface area contributed by atoms with Crippen molar-refractivity contribution in [3.8, 4) is 0 Å². The van der Waals surface area contributed by atoms with Crippen molar-refractivity contribution in [2.45, 2.75) is 69.3 Å². The van der Waals surface area contributed by atoms with E-state index in [1.165, 1.54) is 4.90 Å². The number of carbonyl (C=O) groups excluding carboxylic acids is 2. The summed E-state index contributed by atoms with van der Waals surface area (Å²) in [5.74, 6) is -2.74. The number of carboxylic acids is 2. The molecule has 2 aliphatic heterocycles. The minimum atomic E-state index is -1.02. The lowest BCUT2D eigenvalue weighted by Crippen LogP contribution is -3.00. The maximum atomic E-state index is 13.0. The first-order valence-corrected chi connectivity index (χ1v) is 11.4. The fourth-order valence-corrected chi connectivity index (χ4v) is 4.58. The number of esters is 1. The Morgan fingerprint density at radius 1 is 1.14 bits per heavy atom. The number of carbonyl (C=O) groups is 4. The maximum Gasteiger partial charge on any atom is 0.365 e. The summed E-state index contributed by atoms with van der Waals surface area (Å²) in [7, 11) is 0. The van der Waals surface area contributed by atoms with Crippen LogP contribution in [0.1, 0.15) is 38.2 Å². The average molecular weight is 552 g/mol. The minimum absolute atomic E-state index is 0. The predicted molar refractivity (Wildman–Crippen MR) is 119 cm³/mol. The van der Waals surface area contributed by atoms with E-state index >= 15 is 0 Å². The zero-order valence-corrected chi connectivity index (χ0v) is 21.5. The van der Waals surface area contributed by atoms with Gasteiger partial charge in [-0.15, -0.1) is 0 Å². The number of likely N-dealkylation sites (tertiary alicyclic amines) is 1. The summed E-state index contributed by atoms with van der Waals surface area (Å²) in [4.78, 5) is 50.0. The van der Waals surface area contributed by atoms with E-state index in [2.05, 4.69) is 0 Å². The fourth-order valence-electron chi connectivity index (χ4n) is 4.58. The van der Waals surface area contributed by atoms with E-state index in [4.69, 9.17) is 9.84 Å². The van der Waals surface area contributed by atoms with E-state index in [9.17, 15) is 24.3 Å². The molecule has 0 bridgehead atoms. The van der Waals surface area contributed by atoms with E-state index in [1.807, 2.05) is 30.3 Å². The quantitative estimate of drug-likeness (QED) is 0.208. The number of hydrogen-bond donors (Lipinski definition) is 4. The molecule has 0 aromatic heterocycles. The van der Waals surface area contributed by atoms with Crippen LogP contribution in [0, 0.1) is 0 Å². The first kappa shape index (κ1) is 33.6. The number of amides is 1. The monoisotopic (exact) mass is 551 g/mol. The summed E-state index contributed by atoms with van der Waals surface area (Å²) < 4.78 is 5.62. The van der Waals surface area contributed by atoms with Crippen LogP contribution in [0.2, 0.25) is 0 Å². The van der Waals surface area contributed by atoms with E-state index in [0.717, 1.165) is 5.56 Å². The SMILES string of the molecule is C[C@H]([NH2+][C@@H](CCc1ccccc1)C(=O)O[C@H]1C[NH2+][C@H](C(=O)O)C1)C(=O)N1CCC[C@H]1C(=O)O.O.[Cl-].[Cl-]. The third-order valence-electron chi connectivity index (χ3n) is 6.42. The summed E-state index contributed by atoms with van der Waals surface area (Å²) in [6, 6.07) is 6.88. The fraction of sp³-hybridized carbons (Fsp3) is 0.565. The van der Waals surface area contributed by atoms with Crippen LogP contribution in [-0.4, -0.2) is 87.8 Å². The second kappa shape index (κ2) is 15.6. The van der Waals surface area contributed by atoms with Crippen molar-refractivity contribution in [2.24, 2.45) is 0 Å². The molecule has 0 spiro atoms. The molecule has 204 valence electrons. The van der Waals surface area contributed by atoms with Crippen LogP contribution in [0.15, 0.2) is 30.3 Å². The Hall–Kier alpha value is -2.44. The Morgan fingerprint density at radius 2 is 1.81 bits per heavy atom. The van der Waals surface area contributed by atoms with Gasteiger partial charge >= 0.3 is 17.9 Å². The Kier molecular flexibility index (Phi) is 14.6. The van der Waals surface area contributed by atoms with Gasteiger partial charge in [0, 0.05) is 13.0 Å². The number of nitrogens with two attached hydrogens (primary N) is 2. The number of benzene rings is 1. The highest BCUT2D eigenvalue weighted by atomic mass is 35.5. The number of ether oxygens (including phenoxy) is 1. The van der Waals surface area contributed by atoms with Crippen LogP contribution in [0.5, 0.6) is 0 Å². The minimum Gasteiger partial charge on any atom is -1.00 e.